The fraction of sp³-hybridized carbons (Fsp3) is 0.600. The number of benzene rings is 1. The van der Waals surface area contributed by atoms with Crippen molar-refractivity contribution in [1.82, 2.24) is 4.90 Å². The van der Waals surface area contributed by atoms with E-state index in [1.54, 1.807) is 4.90 Å². The van der Waals surface area contributed by atoms with Crippen molar-refractivity contribution in [2.75, 3.05) is 6.54 Å². The van der Waals surface area contributed by atoms with Crippen LogP contribution in [0.15, 0.2) is 18.2 Å². The molecule has 0 bridgehead atoms. The molecule has 0 radical (unpaired) electrons. The lowest BCUT2D eigenvalue weighted by atomic mass is 9.91. The molecule has 1 aliphatic rings. The normalized spacial score (nSPS) is 18.4. The topological polar surface area (TPSA) is 46.6 Å². The standard InChI is InChI=1S/C20H29NO3/c1-14-9-8-10-15(2)16(14)13-18(22)17-11-6-7-12-21(17)19(23)24-20(3,4)5/h8-10,17H,6-7,11-13H2,1-5H3. The van der Waals surface area contributed by atoms with Gasteiger partial charge in [-0.3, -0.25) is 9.69 Å². The number of likely N-dealkylation sites (tertiary alicyclic amines) is 1. The van der Waals surface area contributed by atoms with Crippen LogP contribution in [0.2, 0.25) is 0 Å². The number of nitrogens with zero attached hydrogens (tertiary/aromatic N) is 1. The SMILES string of the molecule is Cc1cccc(C)c1CC(=O)C1CCCCN1C(=O)OC(C)(C)C. The zero-order valence-corrected chi connectivity index (χ0v) is 15.5. The third kappa shape index (κ3) is 4.59. The summed E-state index contributed by atoms with van der Waals surface area (Å²) in [7, 11) is 0. The second-order valence-corrected chi connectivity index (χ2v) is 7.70. The van der Waals surface area contributed by atoms with Crippen molar-refractivity contribution in [3.63, 3.8) is 0 Å². The average molecular weight is 331 g/mol. The number of Topliss-reactive ketones (excluding diaryl/α,β-unsaturated/α-hetero) is 1. The van der Waals surface area contributed by atoms with E-state index in [-0.39, 0.29) is 17.9 Å². The minimum atomic E-state index is -0.547. The molecule has 1 heterocycles. The summed E-state index contributed by atoms with van der Waals surface area (Å²) in [4.78, 5) is 27.0. The molecule has 1 aromatic rings. The maximum atomic E-state index is 12.9. The van der Waals surface area contributed by atoms with Crippen molar-refractivity contribution in [3.05, 3.63) is 34.9 Å². The molecule has 0 aromatic heterocycles. The molecule has 1 unspecified atom stereocenters. The Morgan fingerprint density at radius 2 is 1.79 bits per heavy atom. The van der Waals surface area contributed by atoms with Gasteiger partial charge in [0.2, 0.25) is 0 Å². The van der Waals surface area contributed by atoms with Crippen LogP contribution in [0.1, 0.15) is 56.7 Å². The number of hydrogen-bond donors (Lipinski definition) is 0. The third-order valence-corrected chi connectivity index (χ3v) is 4.50. The number of ketones is 1. The summed E-state index contributed by atoms with van der Waals surface area (Å²) in [6, 6.07) is 5.70. The van der Waals surface area contributed by atoms with Crippen LogP contribution in [0.4, 0.5) is 4.79 Å². The summed E-state index contributed by atoms with van der Waals surface area (Å²) in [6.45, 7) is 10.2. The van der Waals surface area contributed by atoms with Crippen LogP contribution in [0.5, 0.6) is 0 Å². The van der Waals surface area contributed by atoms with Gasteiger partial charge in [-0.25, -0.2) is 4.79 Å². The van der Waals surface area contributed by atoms with E-state index < -0.39 is 5.60 Å². The predicted molar refractivity (Wildman–Crippen MR) is 95.2 cm³/mol. The number of aryl methyl sites for hydroxylation is 2. The first-order chi connectivity index (χ1) is 11.2. The molecular formula is C20H29NO3. The number of carbonyl (C=O) groups excluding carboxylic acids is 2. The van der Waals surface area contributed by atoms with Crippen LogP contribution in [0.3, 0.4) is 0 Å². The number of hydrogen-bond acceptors (Lipinski definition) is 3. The van der Waals surface area contributed by atoms with Gasteiger partial charge >= 0.3 is 6.09 Å². The van der Waals surface area contributed by atoms with E-state index in [0.29, 0.717) is 13.0 Å². The quantitative estimate of drug-likeness (QED) is 0.834. The lowest BCUT2D eigenvalue weighted by Gasteiger charge is -2.36. The van der Waals surface area contributed by atoms with Gasteiger partial charge in [0.05, 0.1) is 6.04 Å². The van der Waals surface area contributed by atoms with Crippen molar-refractivity contribution in [3.8, 4) is 0 Å². The van der Waals surface area contributed by atoms with Crippen LogP contribution in [-0.4, -0.2) is 35.0 Å². The van der Waals surface area contributed by atoms with Crippen LogP contribution in [-0.2, 0) is 16.0 Å². The molecule has 0 N–H and O–H groups in total. The van der Waals surface area contributed by atoms with Crippen molar-refractivity contribution in [1.29, 1.82) is 0 Å². The molecule has 1 amide bonds. The zero-order valence-electron chi connectivity index (χ0n) is 15.5. The number of carbonyl (C=O) groups is 2. The van der Waals surface area contributed by atoms with E-state index in [1.807, 2.05) is 52.8 Å². The minimum absolute atomic E-state index is 0.109. The Kier molecular flexibility index (Phi) is 5.68. The smallest absolute Gasteiger partial charge is 0.410 e. The summed E-state index contributed by atoms with van der Waals surface area (Å²) in [5.74, 6) is 0.109. The Labute approximate surface area is 145 Å². The summed E-state index contributed by atoms with van der Waals surface area (Å²) in [5.41, 5.74) is 2.79. The maximum absolute atomic E-state index is 12.9. The van der Waals surface area contributed by atoms with Gasteiger partial charge in [0.15, 0.2) is 5.78 Å². The molecule has 132 valence electrons. The Bertz CT molecular complexity index is 596. The van der Waals surface area contributed by atoms with Gasteiger partial charge in [0.25, 0.3) is 0 Å². The van der Waals surface area contributed by atoms with Gasteiger partial charge in [0.1, 0.15) is 5.60 Å². The summed E-state index contributed by atoms with van der Waals surface area (Å²) < 4.78 is 5.49. The third-order valence-electron chi connectivity index (χ3n) is 4.50. The van der Waals surface area contributed by atoms with Crippen molar-refractivity contribution < 1.29 is 14.3 Å². The van der Waals surface area contributed by atoms with E-state index in [1.165, 1.54) is 0 Å². The second-order valence-electron chi connectivity index (χ2n) is 7.70. The van der Waals surface area contributed by atoms with Crippen LogP contribution < -0.4 is 0 Å². The highest BCUT2D eigenvalue weighted by atomic mass is 16.6. The molecule has 1 atom stereocenters. The Morgan fingerprint density at radius 1 is 1.17 bits per heavy atom. The fourth-order valence-electron chi connectivity index (χ4n) is 3.23. The van der Waals surface area contributed by atoms with E-state index >= 15 is 0 Å². The molecule has 24 heavy (non-hydrogen) atoms. The highest BCUT2D eigenvalue weighted by Gasteiger charge is 2.34. The monoisotopic (exact) mass is 331 g/mol. The highest BCUT2D eigenvalue weighted by Crippen LogP contribution is 2.23. The van der Waals surface area contributed by atoms with Crippen LogP contribution in [0, 0.1) is 13.8 Å². The van der Waals surface area contributed by atoms with Crippen LogP contribution in [0.25, 0.3) is 0 Å². The van der Waals surface area contributed by atoms with Gasteiger partial charge in [0, 0.05) is 13.0 Å². The number of rotatable bonds is 3. The highest BCUT2D eigenvalue weighted by molar-refractivity contribution is 5.89. The zero-order chi connectivity index (χ0) is 17.9. The molecule has 4 nitrogen and oxygen atoms in total. The first kappa shape index (κ1) is 18.5. The van der Waals surface area contributed by atoms with Crippen molar-refractivity contribution in [2.24, 2.45) is 0 Å². The molecular weight excluding hydrogens is 302 g/mol. The average Bonchev–Trinajstić information content (AvgIpc) is 2.49. The first-order valence-electron chi connectivity index (χ1n) is 8.76. The molecule has 0 saturated carbocycles. The lowest BCUT2D eigenvalue weighted by molar-refractivity contribution is -0.124. The van der Waals surface area contributed by atoms with E-state index in [0.717, 1.165) is 36.0 Å². The van der Waals surface area contributed by atoms with Gasteiger partial charge in [-0.05, 0) is 70.6 Å². The van der Waals surface area contributed by atoms with Gasteiger partial charge in [-0.2, -0.15) is 0 Å². The van der Waals surface area contributed by atoms with Crippen LogP contribution >= 0.6 is 0 Å². The lowest BCUT2D eigenvalue weighted by Crippen LogP contribution is -2.50. The fourth-order valence-corrected chi connectivity index (χ4v) is 3.23. The Morgan fingerprint density at radius 3 is 2.38 bits per heavy atom. The van der Waals surface area contributed by atoms with Gasteiger partial charge in [-0.15, -0.1) is 0 Å². The van der Waals surface area contributed by atoms with Crippen molar-refractivity contribution in [2.45, 2.75) is 71.9 Å². The molecule has 1 fully saturated rings. The molecule has 1 aromatic carbocycles. The van der Waals surface area contributed by atoms with E-state index in [9.17, 15) is 9.59 Å². The minimum Gasteiger partial charge on any atom is -0.444 e. The van der Waals surface area contributed by atoms with E-state index in [2.05, 4.69) is 0 Å². The number of ether oxygens (including phenoxy) is 1. The van der Waals surface area contributed by atoms with Gasteiger partial charge in [-0.1, -0.05) is 18.2 Å². The first-order valence-corrected chi connectivity index (χ1v) is 8.76. The number of piperidine rings is 1. The molecule has 0 spiro atoms. The summed E-state index contributed by atoms with van der Waals surface area (Å²) in [5, 5.41) is 0. The van der Waals surface area contributed by atoms with Gasteiger partial charge < -0.3 is 4.74 Å². The maximum Gasteiger partial charge on any atom is 0.410 e. The van der Waals surface area contributed by atoms with E-state index in [4.69, 9.17) is 4.74 Å². The number of amides is 1. The molecule has 2 rings (SSSR count). The second kappa shape index (κ2) is 7.37. The van der Waals surface area contributed by atoms with Crippen molar-refractivity contribution >= 4 is 11.9 Å². The Balaban J connectivity index is 2.15. The molecule has 4 heteroatoms. The molecule has 1 saturated heterocycles. The summed E-state index contributed by atoms with van der Waals surface area (Å²) in [6.07, 6.45) is 2.63. The molecule has 1 aliphatic heterocycles. The molecule has 0 aliphatic carbocycles. The predicted octanol–water partition coefficient (Wildman–Crippen LogP) is 4.20. The summed E-state index contributed by atoms with van der Waals surface area (Å²) >= 11 is 0. The largest absolute Gasteiger partial charge is 0.444 e. The Hall–Kier alpha value is -1.84.